The number of nitrogens with zero attached hydrogens (tertiary/aromatic N) is 1. The van der Waals surface area contributed by atoms with Gasteiger partial charge in [0.25, 0.3) is 11.5 Å². The van der Waals surface area contributed by atoms with Crippen molar-refractivity contribution in [3.8, 4) is 0 Å². The van der Waals surface area contributed by atoms with Gasteiger partial charge in [-0.2, -0.15) is 0 Å². The Hall–Kier alpha value is -2.34. The lowest BCUT2D eigenvalue weighted by molar-refractivity contribution is 0.0950. The normalized spacial score (nSPS) is 11.0. The molecular weight excluding hydrogens is 372 g/mol. The number of hydrogen-bond acceptors (Lipinski definition) is 3. The average molecular weight is 389 g/mol. The number of carbonyl (C=O) groups excluding carboxylic acids is 1. The summed E-state index contributed by atoms with van der Waals surface area (Å²) in [7, 11) is 0. The van der Waals surface area contributed by atoms with Crippen LogP contribution in [0.15, 0.2) is 50.2 Å². The number of halogens is 1. The van der Waals surface area contributed by atoms with Crippen LogP contribution in [0.1, 0.15) is 28.6 Å². The lowest BCUT2D eigenvalue weighted by atomic mass is 10.1. The number of amides is 1. The molecule has 0 aliphatic heterocycles. The summed E-state index contributed by atoms with van der Waals surface area (Å²) in [6, 6.07) is 9.41. The van der Waals surface area contributed by atoms with Gasteiger partial charge in [0.05, 0.1) is 10.9 Å². The highest BCUT2D eigenvalue weighted by Crippen LogP contribution is 2.22. The Bertz CT molecular complexity index is 972. The van der Waals surface area contributed by atoms with E-state index in [2.05, 4.69) is 21.2 Å². The molecule has 0 aliphatic carbocycles. The summed E-state index contributed by atoms with van der Waals surface area (Å²) in [4.78, 5) is 25.2. The highest BCUT2D eigenvalue weighted by molar-refractivity contribution is 9.10. The Morgan fingerprint density at radius 1 is 1.33 bits per heavy atom. The van der Waals surface area contributed by atoms with Crippen LogP contribution in [0.2, 0.25) is 0 Å². The van der Waals surface area contributed by atoms with Crippen molar-refractivity contribution in [3.05, 3.63) is 68.2 Å². The van der Waals surface area contributed by atoms with Gasteiger partial charge < -0.3 is 14.3 Å². The summed E-state index contributed by atoms with van der Waals surface area (Å²) in [6.45, 7) is 4.49. The van der Waals surface area contributed by atoms with E-state index in [0.29, 0.717) is 35.4 Å². The molecule has 2 heterocycles. The predicted molar refractivity (Wildman–Crippen MR) is 96.2 cm³/mol. The van der Waals surface area contributed by atoms with Crippen molar-refractivity contribution < 1.29 is 9.21 Å². The minimum absolute atomic E-state index is 0.209. The standard InChI is InChI=1S/C18H17BrN2O3/c1-3-21-8-7-14-16(18(21)23)15(11(2)24-14)17(22)20-10-12-5-4-6-13(19)9-12/h4-9H,3,10H2,1-2H3,(H,20,22). The molecule has 3 aromatic rings. The predicted octanol–water partition coefficient (Wildman–Crippen LogP) is 3.62. The molecule has 0 saturated heterocycles. The van der Waals surface area contributed by atoms with Crippen molar-refractivity contribution in [3.63, 3.8) is 0 Å². The van der Waals surface area contributed by atoms with E-state index >= 15 is 0 Å². The molecule has 0 saturated carbocycles. The molecule has 2 aromatic heterocycles. The zero-order valence-electron chi connectivity index (χ0n) is 13.4. The van der Waals surface area contributed by atoms with Crippen LogP contribution in [0.25, 0.3) is 11.0 Å². The molecule has 0 unspecified atom stereocenters. The molecule has 5 nitrogen and oxygen atoms in total. The number of hydrogen-bond donors (Lipinski definition) is 1. The zero-order valence-corrected chi connectivity index (χ0v) is 15.0. The highest BCUT2D eigenvalue weighted by atomic mass is 79.9. The number of fused-ring (bicyclic) bond motifs is 1. The Balaban J connectivity index is 1.95. The van der Waals surface area contributed by atoms with Crippen LogP contribution in [-0.2, 0) is 13.1 Å². The van der Waals surface area contributed by atoms with Gasteiger partial charge >= 0.3 is 0 Å². The topological polar surface area (TPSA) is 64.2 Å². The molecule has 3 rings (SSSR count). The molecule has 0 spiro atoms. The van der Waals surface area contributed by atoms with Crippen LogP contribution in [-0.4, -0.2) is 10.5 Å². The zero-order chi connectivity index (χ0) is 17.3. The van der Waals surface area contributed by atoms with Crippen LogP contribution >= 0.6 is 15.9 Å². The number of carbonyl (C=O) groups is 1. The van der Waals surface area contributed by atoms with E-state index in [4.69, 9.17) is 4.42 Å². The third-order valence-electron chi connectivity index (χ3n) is 3.90. The van der Waals surface area contributed by atoms with Gasteiger partial charge in [0.15, 0.2) is 0 Å². The number of rotatable bonds is 4. The SMILES string of the molecule is CCn1ccc2oc(C)c(C(=O)NCc3cccc(Br)c3)c2c1=O. The maximum Gasteiger partial charge on any atom is 0.262 e. The van der Waals surface area contributed by atoms with Crippen LogP contribution in [0.5, 0.6) is 0 Å². The van der Waals surface area contributed by atoms with Crippen molar-refractivity contribution in [1.82, 2.24) is 9.88 Å². The Labute approximate surface area is 147 Å². The summed E-state index contributed by atoms with van der Waals surface area (Å²) in [5.74, 6) is 0.139. The quantitative estimate of drug-likeness (QED) is 0.742. The number of nitrogens with one attached hydrogen (secondary N) is 1. The third kappa shape index (κ3) is 3.01. The smallest absolute Gasteiger partial charge is 0.262 e. The van der Waals surface area contributed by atoms with Gasteiger partial charge in [0.2, 0.25) is 0 Å². The molecule has 0 atom stereocenters. The largest absolute Gasteiger partial charge is 0.460 e. The van der Waals surface area contributed by atoms with Crippen molar-refractivity contribution in [2.24, 2.45) is 0 Å². The monoisotopic (exact) mass is 388 g/mol. The van der Waals surface area contributed by atoms with Crippen molar-refractivity contribution >= 4 is 32.8 Å². The molecule has 124 valence electrons. The molecule has 0 fully saturated rings. The van der Waals surface area contributed by atoms with Gasteiger partial charge in [-0.05, 0) is 37.6 Å². The first kappa shape index (κ1) is 16.5. The van der Waals surface area contributed by atoms with Crippen LogP contribution < -0.4 is 10.9 Å². The summed E-state index contributed by atoms with van der Waals surface area (Å²) in [6.07, 6.45) is 1.68. The van der Waals surface area contributed by atoms with Gasteiger partial charge in [0.1, 0.15) is 11.3 Å². The molecular formula is C18H17BrN2O3. The van der Waals surface area contributed by atoms with Gasteiger partial charge in [-0.3, -0.25) is 9.59 Å². The fourth-order valence-corrected chi connectivity index (χ4v) is 3.15. The van der Waals surface area contributed by atoms with Crippen molar-refractivity contribution in [2.75, 3.05) is 0 Å². The molecule has 24 heavy (non-hydrogen) atoms. The summed E-state index contributed by atoms with van der Waals surface area (Å²) in [5.41, 5.74) is 1.51. The van der Waals surface area contributed by atoms with E-state index in [1.54, 1.807) is 23.8 Å². The Morgan fingerprint density at radius 3 is 2.83 bits per heavy atom. The number of aromatic nitrogens is 1. The van der Waals surface area contributed by atoms with Crippen molar-refractivity contribution in [1.29, 1.82) is 0 Å². The molecule has 0 aliphatic rings. The Kier molecular flexibility index (Phi) is 4.57. The minimum Gasteiger partial charge on any atom is -0.460 e. The average Bonchev–Trinajstić information content (AvgIpc) is 2.90. The number of benzene rings is 1. The first-order chi connectivity index (χ1) is 11.5. The lowest BCUT2D eigenvalue weighted by Gasteiger charge is -2.06. The van der Waals surface area contributed by atoms with Gasteiger partial charge in [-0.1, -0.05) is 28.1 Å². The number of pyridine rings is 1. The van der Waals surface area contributed by atoms with Gasteiger partial charge in [-0.15, -0.1) is 0 Å². The van der Waals surface area contributed by atoms with Crippen molar-refractivity contribution in [2.45, 2.75) is 26.9 Å². The second-order valence-electron chi connectivity index (χ2n) is 5.49. The first-order valence-electron chi connectivity index (χ1n) is 7.66. The van der Waals surface area contributed by atoms with Gasteiger partial charge in [0, 0.05) is 23.8 Å². The number of furan rings is 1. The molecule has 1 aromatic carbocycles. The second kappa shape index (κ2) is 6.65. The van der Waals surface area contributed by atoms with Crippen LogP contribution in [0.4, 0.5) is 0 Å². The summed E-state index contributed by atoms with van der Waals surface area (Å²) >= 11 is 3.41. The van der Waals surface area contributed by atoms with E-state index in [1.807, 2.05) is 31.2 Å². The maximum atomic E-state index is 12.6. The summed E-state index contributed by atoms with van der Waals surface area (Å²) in [5, 5.41) is 3.19. The lowest BCUT2D eigenvalue weighted by Crippen LogP contribution is -2.26. The van der Waals surface area contributed by atoms with Crippen LogP contribution in [0.3, 0.4) is 0 Å². The third-order valence-corrected chi connectivity index (χ3v) is 4.40. The second-order valence-corrected chi connectivity index (χ2v) is 6.41. The molecule has 0 bridgehead atoms. The first-order valence-corrected chi connectivity index (χ1v) is 8.45. The van der Waals surface area contributed by atoms with Gasteiger partial charge in [-0.25, -0.2) is 0 Å². The maximum absolute atomic E-state index is 12.6. The molecule has 6 heteroatoms. The van der Waals surface area contributed by atoms with E-state index in [-0.39, 0.29) is 11.5 Å². The highest BCUT2D eigenvalue weighted by Gasteiger charge is 2.21. The molecule has 0 radical (unpaired) electrons. The minimum atomic E-state index is -0.308. The summed E-state index contributed by atoms with van der Waals surface area (Å²) < 4.78 is 8.10. The molecule has 1 amide bonds. The van der Waals surface area contributed by atoms with Crippen LogP contribution in [0, 0.1) is 6.92 Å². The Morgan fingerprint density at radius 2 is 2.12 bits per heavy atom. The fourth-order valence-electron chi connectivity index (χ4n) is 2.70. The fraction of sp³-hybridized carbons (Fsp3) is 0.222. The van der Waals surface area contributed by atoms with E-state index in [0.717, 1.165) is 10.0 Å². The molecule has 1 N–H and O–H groups in total. The van der Waals surface area contributed by atoms with E-state index in [9.17, 15) is 9.59 Å². The number of aryl methyl sites for hydroxylation is 2. The van der Waals surface area contributed by atoms with E-state index < -0.39 is 0 Å². The van der Waals surface area contributed by atoms with E-state index in [1.165, 1.54) is 0 Å².